The van der Waals surface area contributed by atoms with E-state index in [-0.39, 0.29) is 17.7 Å². The fourth-order valence-corrected chi connectivity index (χ4v) is 3.34. The predicted molar refractivity (Wildman–Crippen MR) is 98.9 cm³/mol. The maximum Gasteiger partial charge on any atom is 0.252 e. The smallest absolute Gasteiger partial charge is 0.252 e. The van der Waals surface area contributed by atoms with Gasteiger partial charge in [0.2, 0.25) is 11.7 Å². The molecule has 2 atom stereocenters. The normalized spacial score (nSPS) is 19.6. The molecule has 1 saturated heterocycles. The first-order valence-corrected chi connectivity index (χ1v) is 9.65. The van der Waals surface area contributed by atoms with Crippen molar-refractivity contribution in [2.75, 3.05) is 18.0 Å². The number of anilines is 1. The summed E-state index contributed by atoms with van der Waals surface area (Å²) in [4.78, 5) is 23.2. The number of nitrogens with zero attached hydrogens (tertiary/aromatic N) is 4. The molecule has 0 aromatic carbocycles. The highest BCUT2D eigenvalue weighted by molar-refractivity contribution is 5.81. The van der Waals surface area contributed by atoms with E-state index in [0.717, 1.165) is 37.3 Å². The van der Waals surface area contributed by atoms with Gasteiger partial charge in [-0.3, -0.25) is 4.79 Å². The maximum absolute atomic E-state index is 12.1. The van der Waals surface area contributed by atoms with E-state index in [1.807, 2.05) is 12.1 Å². The van der Waals surface area contributed by atoms with E-state index in [0.29, 0.717) is 5.82 Å². The van der Waals surface area contributed by atoms with E-state index in [9.17, 15) is 9.90 Å². The number of aromatic nitrogens is 3. The van der Waals surface area contributed by atoms with Gasteiger partial charge in [-0.05, 0) is 51.2 Å². The van der Waals surface area contributed by atoms with Crippen molar-refractivity contribution in [1.29, 1.82) is 0 Å². The molecule has 3 heterocycles. The lowest BCUT2D eigenvalue weighted by Gasteiger charge is -2.27. The molecule has 1 aliphatic carbocycles. The molecule has 2 aliphatic rings. The minimum absolute atomic E-state index is 0.0425. The molecule has 0 spiro atoms. The monoisotopic (exact) mass is 371 g/mol. The third-order valence-electron chi connectivity index (χ3n) is 5.12. The highest BCUT2D eigenvalue weighted by Crippen LogP contribution is 2.30. The lowest BCUT2D eigenvalue weighted by atomic mass is 10.1. The zero-order valence-electron chi connectivity index (χ0n) is 15.5. The molecule has 4 rings (SSSR count). The van der Waals surface area contributed by atoms with Gasteiger partial charge < -0.3 is 19.8 Å². The molecule has 0 radical (unpaired) electrons. The van der Waals surface area contributed by atoms with Crippen molar-refractivity contribution in [1.82, 2.24) is 20.4 Å². The van der Waals surface area contributed by atoms with Crippen LogP contribution in [0.3, 0.4) is 0 Å². The highest BCUT2D eigenvalue weighted by Gasteiger charge is 2.34. The van der Waals surface area contributed by atoms with Gasteiger partial charge >= 0.3 is 0 Å². The third kappa shape index (κ3) is 4.10. The van der Waals surface area contributed by atoms with Crippen molar-refractivity contribution in [3.63, 3.8) is 0 Å². The predicted octanol–water partition coefficient (Wildman–Crippen LogP) is 2.07. The van der Waals surface area contributed by atoms with Gasteiger partial charge in [0.25, 0.3) is 5.89 Å². The Morgan fingerprint density at radius 3 is 2.81 bits per heavy atom. The van der Waals surface area contributed by atoms with Crippen molar-refractivity contribution < 1.29 is 14.4 Å². The lowest BCUT2D eigenvalue weighted by Crippen LogP contribution is -2.36. The van der Waals surface area contributed by atoms with Crippen LogP contribution < -0.4 is 10.2 Å². The Kier molecular flexibility index (Phi) is 5.07. The van der Waals surface area contributed by atoms with Gasteiger partial charge in [-0.15, -0.1) is 0 Å². The Balaban J connectivity index is 1.53. The largest absolute Gasteiger partial charge is 0.391 e. The minimum atomic E-state index is -0.831. The van der Waals surface area contributed by atoms with Crippen LogP contribution in [0.1, 0.15) is 51.0 Å². The topological polar surface area (TPSA) is 104 Å². The van der Waals surface area contributed by atoms with Crippen LogP contribution in [0.25, 0.3) is 11.4 Å². The highest BCUT2D eigenvalue weighted by atomic mass is 16.5. The minimum Gasteiger partial charge on any atom is -0.391 e. The summed E-state index contributed by atoms with van der Waals surface area (Å²) in [7, 11) is 0. The molecule has 2 unspecified atom stereocenters. The average Bonchev–Trinajstić information content (AvgIpc) is 3.44. The Labute approximate surface area is 158 Å². The molecule has 144 valence electrons. The fourth-order valence-electron chi connectivity index (χ4n) is 3.34. The first kappa shape index (κ1) is 17.9. The van der Waals surface area contributed by atoms with Crippen LogP contribution in [-0.4, -0.2) is 45.3 Å². The van der Waals surface area contributed by atoms with E-state index in [2.05, 4.69) is 25.3 Å². The molecule has 1 amide bonds. The van der Waals surface area contributed by atoms with Crippen LogP contribution in [-0.2, 0) is 4.79 Å². The number of aliphatic hydroxyl groups is 1. The number of carbonyl (C=O) groups is 1. The van der Waals surface area contributed by atoms with Crippen molar-refractivity contribution in [3.05, 3.63) is 24.2 Å². The average molecular weight is 371 g/mol. The van der Waals surface area contributed by atoms with Crippen LogP contribution in [0.15, 0.2) is 22.9 Å². The summed E-state index contributed by atoms with van der Waals surface area (Å²) in [5, 5.41) is 16.9. The van der Waals surface area contributed by atoms with Crippen LogP contribution in [0, 0.1) is 5.92 Å². The summed E-state index contributed by atoms with van der Waals surface area (Å²) in [6.07, 6.45) is 6.31. The summed E-state index contributed by atoms with van der Waals surface area (Å²) < 4.78 is 5.36. The summed E-state index contributed by atoms with van der Waals surface area (Å²) >= 11 is 0. The van der Waals surface area contributed by atoms with Gasteiger partial charge in [-0.2, -0.15) is 4.98 Å². The van der Waals surface area contributed by atoms with E-state index in [4.69, 9.17) is 4.52 Å². The summed E-state index contributed by atoms with van der Waals surface area (Å²) in [6.45, 7) is 3.61. The van der Waals surface area contributed by atoms with E-state index < -0.39 is 12.1 Å². The molecular formula is C19H25N5O3. The van der Waals surface area contributed by atoms with Crippen molar-refractivity contribution in [2.24, 2.45) is 5.92 Å². The van der Waals surface area contributed by atoms with E-state index in [1.165, 1.54) is 19.3 Å². The number of hydrogen-bond donors (Lipinski definition) is 2. The van der Waals surface area contributed by atoms with Crippen LogP contribution >= 0.6 is 0 Å². The Morgan fingerprint density at radius 1 is 1.33 bits per heavy atom. The summed E-state index contributed by atoms with van der Waals surface area (Å²) in [5.41, 5.74) is 0.804. The molecule has 2 aromatic rings. The molecular weight excluding hydrogens is 346 g/mol. The Morgan fingerprint density at radius 2 is 2.11 bits per heavy atom. The number of amides is 1. The molecule has 2 fully saturated rings. The number of rotatable bonds is 6. The second-order valence-electron chi connectivity index (χ2n) is 7.41. The number of nitrogens with one attached hydrogen (secondary N) is 1. The molecule has 1 saturated carbocycles. The summed E-state index contributed by atoms with van der Waals surface area (Å²) in [6, 6.07) is 3.09. The number of hydrogen-bond acceptors (Lipinski definition) is 7. The van der Waals surface area contributed by atoms with E-state index in [1.54, 1.807) is 13.1 Å². The maximum atomic E-state index is 12.1. The molecule has 2 aromatic heterocycles. The summed E-state index contributed by atoms with van der Waals surface area (Å²) in [5.74, 6) is 1.52. The van der Waals surface area contributed by atoms with Crippen molar-refractivity contribution >= 4 is 11.7 Å². The van der Waals surface area contributed by atoms with Crippen LogP contribution in [0.2, 0.25) is 0 Å². The Bertz CT molecular complexity index is 796. The van der Waals surface area contributed by atoms with Gasteiger partial charge in [-0.1, -0.05) is 5.16 Å². The standard InChI is InChI=1S/C19H25N5O3/c1-12(25)16(21-18(26)13-5-6-13)19-22-17(23-27-19)14-7-8-20-15(11-14)24-9-3-2-4-10-24/h7-8,11-13,16,25H,2-6,9-10H2,1H3,(H,21,26). The van der Waals surface area contributed by atoms with Crippen molar-refractivity contribution in [2.45, 2.75) is 51.2 Å². The van der Waals surface area contributed by atoms with Gasteiger partial charge in [0.1, 0.15) is 11.9 Å². The quantitative estimate of drug-likeness (QED) is 0.801. The van der Waals surface area contributed by atoms with Gasteiger partial charge in [0, 0.05) is 30.8 Å². The van der Waals surface area contributed by atoms with E-state index >= 15 is 0 Å². The molecule has 8 nitrogen and oxygen atoms in total. The second-order valence-corrected chi connectivity index (χ2v) is 7.41. The first-order chi connectivity index (χ1) is 13.1. The van der Waals surface area contributed by atoms with Gasteiger partial charge in [0.15, 0.2) is 0 Å². The third-order valence-corrected chi connectivity index (χ3v) is 5.12. The van der Waals surface area contributed by atoms with Crippen molar-refractivity contribution in [3.8, 4) is 11.4 Å². The number of piperidine rings is 1. The van der Waals surface area contributed by atoms with Gasteiger partial charge in [0.05, 0.1) is 6.10 Å². The molecule has 8 heteroatoms. The molecule has 27 heavy (non-hydrogen) atoms. The molecule has 2 N–H and O–H groups in total. The number of pyridine rings is 1. The Hall–Kier alpha value is -2.48. The SMILES string of the molecule is CC(O)C(NC(=O)C1CC1)c1nc(-c2ccnc(N3CCCCC3)c2)no1. The fraction of sp³-hybridized carbons (Fsp3) is 0.579. The first-order valence-electron chi connectivity index (χ1n) is 9.65. The lowest BCUT2D eigenvalue weighted by molar-refractivity contribution is -0.124. The van der Waals surface area contributed by atoms with Gasteiger partial charge in [-0.25, -0.2) is 4.98 Å². The van der Waals surface area contributed by atoms with Crippen LogP contribution in [0.4, 0.5) is 5.82 Å². The molecule has 0 bridgehead atoms. The molecule has 1 aliphatic heterocycles. The zero-order valence-corrected chi connectivity index (χ0v) is 15.5. The van der Waals surface area contributed by atoms with Crippen LogP contribution in [0.5, 0.6) is 0 Å². The number of carbonyl (C=O) groups excluding carboxylic acids is 1. The number of aliphatic hydroxyl groups excluding tert-OH is 1. The second kappa shape index (κ2) is 7.64. The zero-order chi connectivity index (χ0) is 18.8.